The SMILES string of the molecule is NC(=O)OC[C@@H]1[C@H](NC(=O)/C(=N\OCC(=O)[O-])c2csc(N)n2)C(=O)N1OCC(=O)[O-].[Na+].[Na+]. The predicted octanol–water partition coefficient (Wildman–Crippen LogP) is -11.3. The smallest absolute Gasteiger partial charge is 0.548 e. The number of nitrogen functional groups attached to an aromatic ring is 1. The second-order valence-electron chi connectivity index (χ2n) is 5.61. The zero-order valence-corrected chi connectivity index (χ0v) is 22.2. The number of primary amides is 1. The second kappa shape index (κ2) is 14.3. The molecule has 0 radical (unpaired) electrons. The van der Waals surface area contributed by atoms with Crippen LogP contribution in [0.25, 0.3) is 0 Å². The summed E-state index contributed by atoms with van der Waals surface area (Å²) < 4.78 is 4.58. The average molecular weight is 504 g/mol. The van der Waals surface area contributed by atoms with Crippen molar-refractivity contribution in [2.24, 2.45) is 10.9 Å². The van der Waals surface area contributed by atoms with Gasteiger partial charge >= 0.3 is 65.2 Å². The number of amides is 3. The largest absolute Gasteiger partial charge is 1.00 e. The average Bonchev–Trinajstić information content (AvgIpc) is 3.10. The van der Waals surface area contributed by atoms with E-state index in [1.807, 2.05) is 0 Å². The molecule has 16 nitrogen and oxygen atoms in total. The van der Waals surface area contributed by atoms with Gasteiger partial charge in [-0.1, -0.05) is 5.16 Å². The van der Waals surface area contributed by atoms with Gasteiger partial charge in [0.2, 0.25) is 0 Å². The Morgan fingerprint density at radius 3 is 2.36 bits per heavy atom. The zero-order valence-electron chi connectivity index (χ0n) is 17.3. The fraction of sp³-hybridized carbons (Fsp3) is 0.357. The van der Waals surface area contributed by atoms with Crippen LogP contribution < -0.4 is 86.1 Å². The molecule has 0 saturated carbocycles. The Labute approximate surface area is 233 Å². The van der Waals surface area contributed by atoms with Crippen LogP contribution in [-0.2, 0) is 33.6 Å². The molecule has 3 amide bonds. The fourth-order valence-corrected chi connectivity index (χ4v) is 2.80. The molecule has 168 valence electrons. The van der Waals surface area contributed by atoms with Crippen LogP contribution in [0, 0.1) is 0 Å². The summed E-state index contributed by atoms with van der Waals surface area (Å²) in [5.41, 5.74) is 9.77. The number of rotatable bonds is 11. The number of nitrogens with one attached hydrogen (secondary N) is 1. The maximum Gasteiger partial charge on any atom is 1.00 e. The Bertz CT molecular complexity index is 928. The Hall–Kier alpha value is -1.99. The summed E-state index contributed by atoms with van der Waals surface area (Å²) in [6, 6.07) is -2.50. The van der Waals surface area contributed by atoms with Crippen LogP contribution in [0.2, 0.25) is 0 Å². The molecule has 0 bridgehead atoms. The number of carboxylic acid groups (broad SMARTS) is 2. The molecule has 0 spiro atoms. The van der Waals surface area contributed by atoms with E-state index in [1.54, 1.807) is 0 Å². The molecule has 19 heteroatoms. The number of carbonyl (C=O) groups excluding carboxylic acids is 5. The minimum atomic E-state index is -1.63. The molecule has 1 fully saturated rings. The minimum Gasteiger partial charge on any atom is -0.548 e. The van der Waals surface area contributed by atoms with E-state index in [4.69, 9.17) is 16.3 Å². The number of aromatic nitrogens is 1. The van der Waals surface area contributed by atoms with Crippen LogP contribution in [0.3, 0.4) is 0 Å². The van der Waals surface area contributed by atoms with Gasteiger partial charge in [0.25, 0.3) is 11.8 Å². The van der Waals surface area contributed by atoms with E-state index in [1.165, 1.54) is 5.38 Å². The number of hydrogen-bond acceptors (Lipinski definition) is 14. The zero-order chi connectivity index (χ0) is 23.1. The molecule has 33 heavy (non-hydrogen) atoms. The molecule has 1 aromatic heterocycles. The van der Waals surface area contributed by atoms with Crippen molar-refractivity contribution in [1.29, 1.82) is 0 Å². The predicted molar refractivity (Wildman–Crippen MR) is 93.1 cm³/mol. The Balaban J connectivity index is 0.00000512. The van der Waals surface area contributed by atoms with E-state index < -0.39 is 67.5 Å². The van der Waals surface area contributed by atoms with E-state index in [0.717, 1.165) is 11.3 Å². The molecule has 1 saturated heterocycles. The number of oxime groups is 1. The van der Waals surface area contributed by atoms with Crippen molar-refractivity contribution < 1.29 is 108 Å². The van der Waals surface area contributed by atoms with Gasteiger partial charge in [0, 0.05) is 5.38 Å². The van der Waals surface area contributed by atoms with Crippen LogP contribution in [0.1, 0.15) is 5.69 Å². The number of ether oxygens (including phenoxy) is 1. The minimum absolute atomic E-state index is 0. The molecule has 2 rings (SSSR count). The number of hydroxylamine groups is 2. The number of aliphatic carboxylic acids is 2. The van der Waals surface area contributed by atoms with Gasteiger partial charge in [-0.3, -0.25) is 14.4 Å². The van der Waals surface area contributed by atoms with Crippen LogP contribution in [-0.4, -0.2) is 77.5 Å². The Morgan fingerprint density at radius 1 is 1.21 bits per heavy atom. The molecule has 1 aliphatic rings. The molecule has 2 heterocycles. The van der Waals surface area contributed by atoms with Gasteiger partial charge in [-0.15, -0.1) is 11.3 Å². The summed E-state index contributed by atoms with van der Waals surface area (Å²) >= 11 is 0.944. The van der Waals surface area contributed by atoms with Gasteiger partial charge in [-0.05, 0) is 0 Å². The van der Waals surface area contributed by atoms with E-state index in [9.17, 15) is 34.2 Å². The molecule has 5 N–H and O–H groups in total. The summed E-state index contributed by atoms with van der Waals surface area (Å²) in [4.78, 5) is 69.8. The second-order valence-corrected chi connectivity index (χ2v) is 6.50. The molecular formula is C14H14N6Na2O10S. The first-order chi connectivity index (χ1) is 14.6. The van der Waals surface area contributed by atoms with Crippen molar-refractivity contribution in [3.05, 3.63) is 11.1 Å². The summed E-state index contributed by atoms with van der Waals surface area (Å²) in [5.74, 6) is -5.17. The number of carbonyl (C=O) groups is 5. The number of β-lactam (4-membered cyclic amide) rings is 1. The molecular weight excluding hydrogens is 490 g/mol. The van der Waals surface area contributed by atoms with Crippen molar-refractivity contribution >= 4 is 52.0 Å². The van der Waals surface area contributed by atoms with Gasteiger partial charge in [-0.2, -0.15) is 0 Å². The normalized spacial score (nSPS) is 17.0. The topological polar surface area (TPSA) is 252 Å². The Kier molecular flexibility index (Phi) is 13.4. The van der Waals surface area contributed by atoms with E-state index in [2.05, 4.69) is 25.0 Å². The number of anilines is 1. The maximum absolute atomic E-state index is 12.6. The third-order valence-corrected chi connectivity index (χ3v) is 4.17. The number of thiazole rings is 1. The molecule has 0 unspecified atom stereocenters. The van der Waals surface area contributed by atoms with Gasteiger partial charge in [0.15, 0.2) is 17.5 Å². The summed E-state index contributed by atoms with van der Waals surface area (Å²) in [7, 11) is 0. The summed E-state index contributed by atoms with van der Waals surface area (Å²) in [6.07, 6.45) is -1.19. The number of hydrogen-bond donors (Lipinski definition) is 3. The van der Waals surface area contributed by atoms with Crippen molar-refractivity contribution in [2.45, 2.75) is 12.1 Å². The number of nitrogens with zero attached hydrogens (tertiary/aromatic N) is 3. The van der Waals surface area contributed by atoms with Crippen molar-refractivity contribution in [3.8, 4) is 0 Å². The van der Waals surface area contributed by atoms with Crippen molar-refractivity contribution in [3.63, 3.8) is 0 Å². The van der Waals surface area contributed by atoms with Gasteiger partial charge in [0.05, 0.1) is 11.9 Å². The van der Waals surface area contributed by atoms with Crippen LogP contribution in [0.4, 0.5) is 9.93 Å². The van der Waals surface area contributed by atoms with Crippen molar-refractivity contribution in [1.82, 2.24) is 15.4 Å². The van der Waals surface area contributed by atoms with Gasteiger partial charge in [0.1, 0.15) is 31.0 Å². The van der Waals surface area contributed by atoms with Crippen LogP contribution in [0.15, 0.2) is 10.5 Å². The van der Waals surface area contributed by atoms with Gasteiger partial charge in [-0.25, -0.2) is 14.8 Å². The molecule has 1 aliphatic heterocycles. The molecule has 2 atom stereocenters. The third kappa shape index (κ3) is 9.05. The standard InChI is InChI=1S/C14H16N6O10S.2Na/c15-13-17-5(4-31-13)9(19-29-2-7(21)22)11(25)18-10-6(1-28-14(16)27)20(12(10)26)30-3-8(23)24;;/h4,6,10H,1-3H2,(H2,15,17)(H2,16,27)(H,18,25)(H,21,22)(H,23,24);;/q;2*+1/p-2/b19-9-;;/t6-,10+;;/m1../s1. The van der Waals surface area contributed by atoms with Crippen LogP contribution >= 0.6 is 11.3 Å². The summed E-state index contributed by atoms with van der Waals surface area (Å²) in [5, 5.41) is 28.6. The molecule has 1 aromatic rings. The first kappa shape index (κ1) is 31.0. The quantitative estimate of drug-likeness (QED) is 0.110. The fourth-order valence-electron chi connectivity index (χ4n) is 2.25. The number of carboxylic acids is 2. The maximum atomic E-state index is 12.6. The first-order valence-corrected chi connectivity index (χ1v) is 8.98. The van der Waals surface area contributed by atoms with Crippen LogP contribution in [0.5, 0.6) is 0 Å². The first-order valence-electron chi connectivity index (χ1n) is 8.10. The molecule has 0 aliphatic carbocycles. The van der Waals surface area contributed by atoms with Gasteiger partial charge < -0.3 is 46.2 Å². The monoisotopic (exact) mass is 504 g/mol. The number of nitrogens with two attached hydrogens (primary N) is 2. The molecule has 0 aromatic carbocycles. The van der Waals surface area contributed by atoms with E-state index >= 15 is 0 Å². The summed E-state index contributed by atoms with van der Waals surface area (Å²) in [6.45, 7) is -2.50. The Morgan fingerprint density at radius 2 is 1.85 bits per heavy atom. The third-order valence-electron chi connectivity index (χ3n) is 3.49. The van der Waals surface area contributed by atoms with E-state index in [-0.39, 0.29) is 69.9 Å². The van der Waals surface area contributed by atoms with E-state index in [0.29, 0.717) is 5.06 Å². The van der Waals surface area contributed by atoms with Crippen molar-refractivity contribution in [2.75, 3.05) is 25.6 Å².